The summed E-state index contributed by atoms with van der Waals surface area (Å²) in [5.41, 5.74) is -0.365. The molecule has 1 fully saturated rings. The summed E-state index contributed by atoms with van der Waals surface area (Å²) < 4.78 is 43.2. The molecule has 0 N–H and O–H groups in total. The second-order valence-electron chi connectivity index (χ2n) is 4.25. The van der Waals surface area contributed by atoms with E-state index in [0.717, 1.165) is 25.3 Å². The van der Waals surface area contributed by atoms with Crippen LogP contribution in [0.5, 0.6) is 0 Å². The molecular formula is C11H13BF3KO. The summed E-state index contributed by atoms with van der Waals surface area (Å²) in [4.78, 5) is 0. The zero-order valence-electron chi connectivity index (χ0n) is 10.1. The van der Waals surface area contributed by atoms with Gasteiger partial charge in [-0.05, 0) is 24.8 Å². The maximum atomic E-state index is 12.6. The Morgan fingerprint density at radius 3 is 2.29 bits per heavy atom. The van der Waals surface area contributed by atoms with E-state index in [0.29, 0.717) is 5.56 Å². The maximum absolute atomic E-state index is 12.6. The fraction of sp³-hybridized carbons (Fsp3) is 0.455. The monoisotopic (exact) mass is 268 g/mol. The van der Waals surface area contributed by atoms with Gasteiger partial charge in [0.05, 0.1) is 5.60 Å². The quantitative estimate of drug-likeness (QED) is 0.688. The molecule has 0 heterocycles. The molecule has 88 valence electrons. The van der Waals surface area contributed by atoms with Crippen LogP contribution in [0.3, 0.4) is 0 Å². The topological polar surface area (TPSA) is 9.23 Å². The predicted molar refractivity (Wildman–Crippen MR) is 57.7 cm³/mol. The number of rotatable bonds is 3. The number of methoxy groups -OCH3 is 1. The van der Waals surface area contributed by atoms with Crippen molar-refractivity contribution in [1.29, 1.82) is 0 Å². The first-order chi connectivity index (χ1) is 7.48. The van der Waals surface area contributed by atoms with Gasteiger partial charge in [-0.15, -0.1) is 5.46 Å². The van der Waals surface area contributed by atoms with Gasteiger partial charge >= 0.3 is 58.4 Å². The third kappa shape index (κ3) is 3.17. The Bertz CT molecular complexity index is 385. The largest absolute Gasteiger partial charge is 1.00 e. The second kappa shape index (κ2) is 5.76. The van der Waals surface area contributed by atoms with Crippen molar-refractivity contribution in [2.75, 3.05) is 7.11 Å². The van der Waals surface area contributed by atoms with Gasteiger partial charge in [-0.3, -0.25) is 0 Å². The molecule has 0 amide bonds. The molecule has 1 saturated carbocycles. The summed E-state index contributed by atoms with van der Waals surface area (Å²) in [6.07, 6.45) is 2.62. The fourth-order valence-electron chi connectivity index (χ4n) is 2.13. The minimum Gasteiger partial charge on any atom is -0.445 e. The minimum absolute atomic E-state index is 0. The molecular weight excluding hydrogens is 255 g/mol. The molecule has 2 rings (SSSR count). The summed E-state index contributed by atoms with van der Waals surface area (Å²) >= 11 is 0. The standard InChI is InChI=1S/C11H13BF3O.K/c1-16-11(6-3-7-11)9-4-2-5-10(8-9)12(13,14)15;/h2,4-5,8H,3,6-7H2,1H3;/q-1;+1. The van der Waals surface area contributed by atoms with Gasteiger partial charge in [-0.2, -0.15) is 0 Å². The van der Waals surface area contributed by atoms with Gasteiger partial charge in [0.2, 0.25) is 0 Å². The van der Waals surface area contributed by atoms with E-state index in [4.69, 9.17) is 4.74 Å². The Labute approximate surface area is 142 Å². The fourth-order valence-corrected chi connectivity index (χ4v) is 2.13. The molecule has 0 aromatic heterocycles. The van der Waals surface area contributed by atoms with Gasteiger partial charge in [-0.1, -0.05) is 24.3 Å². The summed E-state index contributed by atoms with van der Waals surface area (Å²) in [6.45, 7) is -4.92. The molecule has 1 aliphatic carbocycles. The molecule has 1 aromatic rings. The molecule has 0 atom stereocenters. The third-order valence-corrected chi connectivity index (χ3v) is 3.34. The van der Waals surface area contributed by atoms with Gasteiger partial charge < -0.3 is 17.7 Å². The van der Waals surface area contributed by atoms with Crippen LogP contribution in [-0.4, -0.2) is 14.1 Å². The van der Waals surface area contributed by atoms with Crippen LogP contribution in [0.1, 0.15) is 24.8 Å². The third-order valence-electron chi connectivity index (χ3n) is 3.34. The van der Waals surface area contributed by atoms with E-state index in [9.17, 15) is 12.9 Å². The summed E-state index contributed by atoms with van der Waals surface area (Å²) in [5, 5.41) is 0. The Morgan fingerprint density at radius 1 is 1.24 bits per heavy atom. The number of ether oxygens (including phenoxy) is 1. The molecule has 0 bridgehead atoms. The van der Waals surface area contributed by atoms with Crippen molar-refractivity contribution in [3.05, 3.63) is 29.8 Å². The van der Waals surface area contributed by atoms with Crippen molar-refractivity contribution in [1.82, 2.24) is 0 Å². The Kier molecular flexibility index (Phi) is 5.32. The molecule has 1 aliphatic rings. The van der Waals surface area contributed by atoms with Gasteiger partial charge in [0, 0.05) is 7.11 Å². The zero-order valence-corrected chi connectivity index (χ0v) is 13.2. The Hall–Kier alpha value is 0.671. The molecule has 6 heteroatoms. The molecule has 17 heavy (non-hydrogen) atoms. The van der Waals surface area contributed by atoms with E-state index in [1.165, 1.54) is 12.1 Å². The molecule has 0 aliphatic heterocycles. The molecule has 0 unspecified atom stereocenters. The first-order valence-electron chi connectivity index (χ1n) is 5.33. The molecule has 1 nitrogen and oxygen atoms in total. The van der Waals surface area contributed by atoms with Crippen LogP contribution in [0.15, 0.2) is 24.3 Å². The molecule has 0 saturated heterocycles. The van der Waals surface area contributed by atoms with Crippen LogP contribution < -0.4 is 56.8 Å². The average Bonchev–Trinajstić information content (AvgIpc) is 2.16. The molecule has 0 spiro atoms. The first kappa shape index (κ1) is 15.7. The molecule has 1 aromatic carbocycles. The summed E-state index contributed by atoms with van der Waals surface area (Å²) in [7, 11) is 1.56. The van der Waals surface area contributed by atoms with Crippen molar-refractivity contribution in [3.8, 4) is 0 Å². The van der Waals surface area contributed by atoms with Crippen molar-refractivity contribution in [3.63, 3.8) is 0 Å². The van der Waals surface area contributed by atoms with Crippen molar-refractivity contribution in [2.24, 2.45) is 0 Å². The van der Waals surface area contributed by atoms with E-state index in [1.807, 2.05) is 0 Å². The second-order valence-corrected chi connectivity index (χ2v) is 4.25. The SMILES string of the molecule is COC1(c2cccc([B-](F)(F)F)c2)CCC1.[K+]. The van der Waals surface area contributed by atoms with Crippen molar-refractivity contribution < 1.29 is 69.1 Å². The van der Waals surface area contributed by atoms with E-state index in [-0.39, 0.29) is 51.4 Å². The normalized spacial score (nSPS) is 18.1. The zero-order chi connectivity index (χ0) is 11.8. The Balaban J connectivity index is 0.00000144. The maximum Gasteiger partial charge on any atom is 1.00 e. The Morgan fingerprint density at radius 2 is 1.88 bits per heavy atom. The van der Waals surface area contributed by atoms with Gasteiger partial charge in [0.1, 0.15) is 0 Å². The molecule has 0 radical (unpaired) electrons. The number of benzene rings is 1. The van der Waals surface area contributed by atoms with E-state index in [2.05, 4.69) is 0 Å². The number of hydrogen-bond acceptors (Lipinski definition) is 1. The summed E-state index contributed by atoms with van der Waals surface area (Å²) in [5.74, 6) is 0. The van der Waals surface area contributed by atoms with Gasteiger partial charge in [0.15, 0.2) is 0 Å². The minimum atomic E-state index is -4.92. The average molecular weight is 268 g/mol. The van der Waals surface area contributed by atoms with Crippen LogP contribution in [0.4, 0.5) is 12.9 Å². The first-order valence-corrected chi connectivity index (χ1v) is 5.33. The van der Waals surface area contributed by atoms with E-state index < -0.39 is 18.0 Å². The van der Waals surface area contributed by atoms with Crippen LogP contribution in [0.2, 0.25) is 0 Å². The smallest absolute Gasteiger partial charge is 0.445 e. The predicted octanol–water partition coefficient (Wildman–Crippen LogP) is -0.229. The van der Waals surface area contributed by atoms with Crippen LogP contribution in [0.25, 0.3) is 0 Å². The van der Waals surface area contributed by atoms with Crippen molar-refractivity contribution >= 4 is 12.4 Å². The van der Waals surface area contributed by atoms with Gasteiger partial charge in [0.25, 0.3) is 0 Å². The summed E-state index contributed by atoms with van der Waals surface area (Å²) in [6, 6.07) is 5.52. The number of hydrogen-bond donors (Lipinski definition) is 0. The van der Waals surface area contributed by atoms with Gasteiger partial charge in [-0.25, -0.2) is 0 Å². The van der Waals surface area contributed by atoms with Crippen LogP contribution in [0, 0.1) is 0 Å². The van der Waals surface area contributed by atoms with E-state index in [1.54, 1.807) is 13.2 Å². The van der Waals surface area contributed by atoms with Crippen molar-refractivity contribution in [2.45, 2.75) is 24.9 Å². The van der Waals surface area contributed by atoms with E-state index >= 15 is 0 Å². The van der Waals surface area contributed by atoms with Crippen LogP contribution >= 0.6 is 0 Å². The van der Waals surface area contributed by atoms with Crippen LogP contribution in [-0.2, 0) is 10.3 Å². The number of halogens is 3.